The highest BCUT2D eigenvalue weighted by atomic mass is 16.8. The predicted octanol–water partition coefficient (Wildman–Crippen LogP) is 1.54. The van der Waals surface area contributed by atoms with E-state index < -0.39 is 0 Å². The van der Waals surface area contributed by atoms with Crippen LogP contribution in [0.15, 0.2) is 16.7 Å². The van der Waals surface area contributed by atoms with Crippen LogP contribution in [-0.4, -0.2) is 5.21 Å². The predicted molar refractivity (Wildman–Crippen MR) is 35.7 cm³/mol. The van der Waals surface area contributed by atoms with Gasteiger partial charge in [0.1, 0.15) is 12.0 Å². The summed E-state index contributed by atoms with van der Waals surface area (Å²) >= 11 is 0. The van der Waals surface area contributed by atoms with Crippen LogP contribution in [0.4, 0.5) is 5.69 Å². The van der Waals surface area contributed by atoms with E-state index in [0.29, 0.717) is 12.2 Å². The van der Waals surface area contributed by atoms with E-state index in [-0.39, 0.29) is 10.9 Å². The van der Waals surface area contributed by atoms with Gasteiger partial charge in [0.15, 0.2) is 0 Å². The summed E-state index contributed by atoms with van der Waals surface area (Å²) in [6.45, 7) is 1.90. The molecular formula is C6H8NO3-. The van der Waals surface area contributed by atoms with Crippen molar-refractivity contribution in [3.05, 3.63) is 23.3 Å². The Kier molecular flexibility index (Phi) is 1.94. The molecule has 1 heterocycles. The average molecular weight is 142 g/mol. The Hall–Kier alpha value is -1.00. The van der Waals surface area contributed by atoms with Gasteiger partial charge in [-0.3, -0.25) is 5.21 Å². The standard InChI is InChI=1S/C6H8NO3/c1-2-6-3-5(4-10-6)7(8)9/h3-4,8H,2H2,1H3/q-1. The first kappa shape index (κ1) is 7.11. The second-order valence-electron chi connectivity index (χ2n) is 1.90. The number of hydrogen-bond acceptors (Lipinski definition) is 4. The van der Waals surface area contributed by atoms with Crippen LogP contribution in [0.3, 0.4) is 0 Å². The average Bonchev–Trinajstić information content (AvgIpc) is 2.34. The maximum absolute atomic E-state index is 10.2. The monoisotopic (exact) mass is 142 g/mol. The Morgan fingerprint density at radius 1 is 1.80 bits per heavy atom. The molecule has 0 aromatic carbocycles. The Labute approximate surface area is 58.2 Å². The van der Waals surface area contributed by atoms with Crippen molar-refractivity contribution in [3.63, 3.8) is 0 Å². The van der Waals surface area contributed by atoms with Gasteiger partial charge >= 0.3 is 0 Å². The van der Waals surface area contributed by atoms with Crippen LogP contribution in [0.2, 0.25) is 0 Å². The molecule has 1 rings (SSSR count). The first-order valence-electron chi connectivity index (χ1n) is 2.97. The zero-order chi connectivity index (χ0) is 7.56. The largest absolute Gasteiger partial charge is 0.733 e. The van der Waals surface area contributed by atoms with Crippen LogP contribution in [0.1, 0.15) is 12.7 Å². The van der Waals surface area contributed by atoms with Crippen molar-refractivity contribution in [2.45, 2.75) is 13.3 Å². The second-order valence-corrected chi connectivity index (χ2v) is 1.90. The van der Waals surface area contributed by atoms with Crippen LogP contribution >= 0.6 is 0 Å². The second kappa shape index (κ2) is 2.72. The minimum atomic E-state index is -0.220. The maximum atomic E-state index is 10.2. The summed E-state index contributed by atoms with van der Waals surface area (Å²) < 4.78 is 4.87. The van der Waals surface area contributed by atoms with E-state index in [1.54, 1.807) is 0 Å². The molecule has 1 aromatic heterocycles. The fourth-order valence-electron chi connectivity index (χ4n) is 0.655. The van der Waals surface area contributed by atoms with Gasteiger partial charge in [-0.25, -0.2) is 0 Å². The van der Waals surface area contributed by atoms with Gasteiger partial charge < -0.3 is 14.9 Å². The number of anilines is 1. The van der Waals surface area contributed by atoms with Crippen LogP contribution in [0.25, 0.3) is 0 Å². The van der Waals surface area contributed by atoms with Crippen molar-refractivity contribution in [1.82, 2.24) is 0 Å². The molecule has 0 unspecified atom stereocenters. The Morgan fingerprint density at radius 2 is 2.50 bits per heavy atom. The molecule has 0 amide bonds. The smallest absolute Gasteiger partial charge is 0.115 e. The van der Waals surface area contributed by atoms with Crippen LogP contribution in [0.5, 0.6) is 0 Å². The Bertz CT molecular complexity index is 207. The van der Waals surface area contributed by atoms with E-state index in [0.717, 1.165) is 0 Å². The van der Waals surface area contributed by atoms with Crippen LogP contribution in [-0.2, 0) is 6.42 Å². The molecule has 0 bridgehead atoms. The number of aryl methyl sites for hydroxylation is 1. The zero-order valence-electron chi connectivity index (χ0n) is 5.57. The fourth-order valence-corrected chi connectivity index (χ4v) is 0.655. The van der Waals surface area contributed by atoms with E-state index in [4.69, 9.17) is 9.62 Å². The molecule has 0 atom stereocenters. The SMILES string of the molecule is CCc1cc(N([O-])O)co1. The van der Waals surface area contributed by atoms with Crippen LogP contribution < -0.4 is 5.23 Å². The summed E-state index contributed by atoms with van der Waals surface area (Å²) in [4.78, 5) is 0. The molecule has 0 spiro atoms. The summed E-state index contributed by atoms with van der Waals surface area (Å²) in [5.74, 6) is 0.685. The van der Waals surface area contributed by atoms with Gasteiger partial charge in [0.2, 0.25) is 0 Å². The third-order valence-electron chi connectivity index (χ3n) is 1.21. The number of furan rings is 1. The molecule has 0 radical (unpaired) electrons. The summed E-state index contributed by atoms with van der Waals surface area (Å²) in [6, 6.07) is 1.49. The van der Waals surface area contributed by atoms with Crippen molar-refractivity contribution in [2.24, 2.45) is 0 Å². The third-order valence-corrected chi connectivity index (χ3v) is 1.21. The lowest BCUT2D eigenvalue weighted by molar-refractivity contribution is 0.295. The van der Waals surface area contributed by atoms with Crippen molar-refractivity contribution < 1.29 is 9.62 Å². The molecule has 4 heteroatoms. The molecule has 0 saturated heterocycles. The fraction of sp³-hybridized carbons (Fsp3) is 0.333. The number of nitrogens with zero attached hydrogens (tertiary/aromatic N) is 1. The van der Waals surface area contributed by atoms with Crippen molar-refractivity contribution >= 4 is 5.69 Å². The maximum Gasteiger partial charge on any atom is 0.115 e. The quantitative estimate of drug-likeness (QED) is 0.636. The molecular weight excluding hydrogens is 134 g/mol. The topological polar surface area (TPSA) is 59.7 Å². The third kappa shape index (κ3) is 1.29. The lowest BCUT2D eigenvalue weighted by Crippen LogP contribution is -2.04. The van der Waals surface area contributed by atoms with Gasteiger partial charge in [0, 0.05) is 12.5 Å². The van der Waals surface area contributed by atoms with Gasteiger partial charge in [0.05, 0.1) is 5.69 Å². The first-order valence-corrected chi connectivity index (χ1v) is 2.97. The van der Waals surface area contributed by atoms with Crippen LogP contribution in [0, 0.1) is 5.21 Å². The van der Waals surface area contributed by atoms with Gasteiger partial charge in [-0.1, -0.05) is 6.92 Å². The molecule has 1 N–H and O–H groups in total. The summed E-state index contributed by atoms with van der Waals surface area (Å²) in [6.07, 6.45) is 1.93. The molecule has 0 saturated carbocycles. The van der Waals surface area contributed by atoms with E-state index >= 15 is 0 Å². The lowest BCUT2D eigenvalue weighted by Gasteiger charge is -2.17. The molecule has 0 aliphatic heterocycles. The normalized spacial score (nSPS) is 9.90. The highest BCUT2D eigenvalue weighted by Gasteiger charge is 1.97. The Morgan fingerprint density at radius 3 is 2.80 bits per heavy atom. The molecule has 10 heavy (non-hydrogen) atoms. The summed E-state index contributed by atoms with van der Waals surface area (Å²) in [5.41, 5.74) is 0.136. The molecule has 0 aliphatic carbocycles. The molecule has 4 nitrogen and oxygen atoms in total. The van der Waals surface area contributed by atoms with E-state index in [1.165, 1.54) is 12.3 Å². The molecule has 0 fully saturated rings. The number of hydrogen-bond donors (Lipinski definition) is 1. The van der Waals surface area contributed by atoms with E-state index in [2.05, 4.69) is 0 Å². The molecule has 0 aliphatic rings. The molecule has 1 aromatic rings. The van der Waals surface area contributed by atoms with Gasteiger partial charge in [-0.2, -0.15) is 0 Å². The van der Waals surface area contributed by atoms with Gasteiger partial charge in [0.25, 0.3) is 0 Å². The zero-order valence-corrected chi connectivity index (χ0v) is 5.57. The van der Waals surface area contributed by atoms with Crippen molar-refractivity contribution in [2.75, 3.05) is 5.23 Å². The minimum absolute atomic E-state index is 0.136. The lowest BCUT2D eigenvalue weighted by atomic mass is 10.3. The first-order chi connectivity index (χ1) is 4.74. The highest BCUT2D eigenvalue weighted by Crippen LogP contribution is 2.15. The number of rotatable bonds is 2. The summed E-state index contributed by atoms with van der Waals surface area (Å²) in [7, 11) is 0. The van der Waals surface area contributed by atoms with Crippen molar-refractivity contribution in [3.8, 4) is 0 Å². The van der Waals surface area contributed by atoms with Crippen molar-refractivity contribution in [1.29, 1.82) is 0 Å². The summed E-state index contributed by atoms with van der Waals surface area (Å²) in [5, 5.41) is 18.3. The van der Waals surface area contributed by atoms with E-state index in [1.807, 2.05) is 6.92 Å². The molecule has 56 valence electrons. The van der Waals surface area contributed by atoms with Gasteiger partial charge in [-0.05, 0) is 0 Å². The highest BCUT2D eigenvalue weighted by molar-refractivity contribution is 5.42. The van der Waals surface area contributed by atoms with Gasteiger partial charge in [-0.15, -0.1) is 0 Å². The Balaban J connectivity index is 2.78. The minimum Gasteiger partial charge on any atom is -0.733 e. The van der Waals surface area contributed by atoms with E-state index in [9.17, 15) is 5.21 Å².